The first kappa shape index (κ1) is 76.7. The van der Waals surface area contributed by atoms with Gasteiger partial charge in [0, 0.05) is 12.8 Å². The molecule has 0 rings (SSSR count). The molecular formula is C72H121NO8. The van der Waals surface area contributed by atoms with Gasteiger partial charge in [-0.2, -0.15) is 0 Å². The Morgan fingerprint density at radius 1 is 0.370 bits per heavy atom. The number of esters is 2. The zero-order valence-electron chi connectivity index (χ0n) is 52.6. The van der Waals surface area contributed by atoms with Crippen molar-refractivity contribution in [3.8, 4) is 0 Å². The summed E-state index contributed by atoms with van der Waals surface area (Å²) in [5.74, 6) is -2.36. The summed E-state index contributed by atoms with van der Waals surface area (Å²) in [6.45, 7) is 4.46. The highest BCUT2D eigenvalue weighted by Gasteiger charge is 2.22. The molecule has 0 aromatic heterocycles. The van der Waals surface area contributed by atoms with Crippen LogP contribution in [-0.2, 0) is 33.3 Å². The number of allylic oxidation sites excluding steroid dienone is 20. The molecule has 0 bridgehead atoms. The fraction of sp³-hybridized carbons (Fsp3) is 0.681. The number of carboxylic acid groups (broad SMARTS) is 1. The first-order valence-corrected chi connectivity index (χ1v) is 32.7. The first-order valence-electron chi connectivity index (χ1n) is 32.7. The smallest absolute Gasteiger partial charge is 0.306 e. The number of hydrogen-bond donors (Lipinski definition) is 0. The van der Waals surface area contributed by atoms with Crippen LogP contribution in [0.3, 0.4) is 0 Å². The lowest BCUT2D eigenvalue weighted by molar-refractivity contribution is -0.870. The summed E-state index contributed by atoms with van der Waals surface area (Å²) < 4.78 is 22.7. The van der Waals surface area contributed by atoms with Crippen LogP contribution in [0.25, 0.3) is 0 Å². The molecule has 0 spiro atoms. The molecule has 0 N–H and O–H groups in total. The Morgan fingerprint density at radius 2 is 0.679 bits per heavy atom. The van der Waals surface area contributed by atoms with Crippen molar-refractivity contribution in [1.29, 1.82) is 0 Å². The second-order valence-electron chi connectivity index (χ2n) is 22.6. The van der Waals surface area contributed by atoms with Crippen LogP contribution in [0.1, 0.15) is 258 Å². The molecule has 0 aliphatic heterocycles. The van der Waals surface area contributed by atoms with Gasteiger partial charge in [-0.15, -0.1) is 0 Å². The van der Waals surface area contributed by atoms with E-state index in [-0.39, 0.29) is 32.7 Å². The second kappa shape index (κ2) is 61.8. The molecule has 0 aromatic rings. The largest absolute Gasteiger partial charge is 0.545 e. The third-order valence-electron chi connectivity index (χ3n) is 13.7. The van der Waals surface area contributed by atoms with Crippen LogP contribution in [0, 0.1) is 0 Å². The van der Waals surface area contributed by atoms with E-state index in [1.807, 2.05) is 21.1 Å². The minimum absolute atomic E-state index is 0.135. The lowest BCUT2D eigenvalue weighted by Gasteiger charge is -2.26. The van der Waals surface area contributed by atoms with Crippen LogP contribution < -0.4 is 5.11 Å². The fourth-order valence-electron chi connectivity index (χ4n) is 8.78. The van der Waals surface area contributed by atoms with Crippen molar-refractivity contribution in [1.82, 2.24) is 0 Å². The number of carbonyl (C=O) groups is 3. The number of quaternary nitrogens is 1. The van der Waals surface area contributed by atoms with Gasteiger partial charge in [-0.05, 0) is 96.3 Å². The Hall–Kier alpha value is -4.31. The Bertz CT molecular complexity index is 1740. The summed E-state index contributed by atoms with van der Waals surface area (Å²) >= 11 is 0. The minimum Gasteiger partial charge on any atom is -0.545 e. The van der Waals surface area contributed by atoms with Gasteiger partial charge in [-0.3, -0.25) is 9.59 Å². The average Bonchev–Trinajstić information content (AvgIpc) is 3.44. The zero-order valence-corrected chi connectivity index (χ0v) is 52.6. The van der Waals surface area contributed by atoms with Crippen LogP contribution in [0.15, 0.2) is 122 Å². The Labute approximate surface area is 497 Å². The summed E-state index contributed by atoms with van der Waals surface area (Å²) in [6, 6.07) is 0. The van der Waals surface area contributed by atoms with Gasteiger partial charge in [0.2, 0.25) is 0 Å². The minimum atomic E-state index is -1.64. The molecule has 0 saturated carbocycles. The standard InChI is InChI=1S/C72H121NO8/c1-6-8-10-12-14-16-18-20-22-24-25-26-27-28-29-30-31-32-33-34-35-36-37-38-39-40-41-42-43-44-45-47-49-51-53-55-57-59-61-63-70(75)81-68(67-80-72(71(76)77)78-65-64-73(3,4)5)66-79-69(74)62-60-58-56-54-52-50-48-46-23-21-19-17-15-13-11-9-7-2/h8-11,14-17,20-23,25-26,28-29,48,50,54,56,68,72H,6-7,12-13,18-19,24,27,30-47,49,51-53,55,57-67H2,1-5H3/b10-8-,11-9-,16-14-,17-15-,22-20-,23-21-,26-25-,29-28-,50-48-,56-54-. The van der Waals surface area contributed by atoms with Gasteiger partial charge in [-0.1, -0.05) is 270 Å². The average molecular weight is 1130 g/mol. The van der Waals surface area contributed by atoms with Crippen LogP contribution in [0.4, 0.5) is 0 Å². The predicted octanol–water partition coefficient (Wildman–Crippen LogP) is 18.7. The molecule has 9 heteroatoms. The molecule has 2 atom stereocenters. The molecule has 0 aliphatic rings. The number of nitrogens with zero attached hydrogens (tertiary/aromatic N) is 1. The van der Waals surface area contributed by atoms with Crippen molar-refractivity contribution in [3.05, 3.63) is 122 Å². The highest BCUT2D eigenvalue weighted by Crippen LogP contribution is 2.17. The zero-order chi connectivity index (χ0) is 59.1. The van der Waals surface area contributed by atoms with Crippen LogP contribution in [-0.4, -0.2) is 82.3 Å². The number of carboxylic acids is 1. The topological polar surface area (TPSA) is 111 Å². The third kappa shape index (κ3) is 63.1. The Balaban J connectivity index is 4.06. The van der Waals surface area contributed by atoms with Crippen LogP contribution in [0.5, 0.6) is 0 Å². The number of unbranched alkanes of at least 4 members (excludes halogenated alkanes) is 24. The summed E-state index contributed by atoms with van der Waals surface area (Å²) in [6.07, 6.45) is 84.4. The quantitative estimate of drug-likeness (QED) is 0.0195. The summed E-state index contributed by atoms with van der Waals surface area (Å²) in [5, 5.41) is 11.8. The maximum atomic E-state index is 12.9. The van der Waals surface area contributed by atoms with E-state index in [0.29, 0.717) is 23.9 Å². The molecule has 2 unspecified atom stereocenters. The van der Waals surface area contributed by atoms with E-state index in [1.165, 1.54) is 128 Å². The maximum absolute atomic E-state index is 12.9. The Kier molecular flexibility index (Phi) is 58.5. The van der Waals surface area contributed by atoms with Crippen molar-refractivity contribution < 1.29 is 42.9 Å². The molecule has 0 fully saturated rings. The van der Waals surface area contributed by atoms with Crippen molar-refractivity contribution in [2.45, 2.75) is 270 Å². The number of hydrogen-bond acceptors (Lipinski definition) is 8. The van der Waals surface area contributed by atoms with E-state index < -0.39 is 30.3 Å². The van der Waals surface area contributed by atoms with Gasteiger partial charge in [0.1, 0.15) is 13.2 Å². The molecular weight excluding hydrogens is 1010 g/mol. The number of carbonyl (C=O) groups excluding carboxylic acids is 3. The second-order valence-corrected chi connectivity index (χ2v) is 22.6. The predicted molar refractivity (Wildman–Crippen MR) is 343 cm³/mol. The van der Waals surface area contributed by atoms with Crippen molar-refractivity contribution in [2.24, 2.45) is 0 Å². The number of likely N-dealkylation sites (N-methyl/N-ethyl adjacent to an activating group) is 1. The molecule has 0 saturated heterocycles. The fourth-order valence-corrected chi connectivity index (χ4v) is 8.78. The van der Waals surface area contributed by atoms with Crippen LogP contribution in [0.2, 0.25) is 0 Å². The van der Waals surface area contributed by atoms with Gasteiger partial charge >= 0.3 is 11.9 Å². The summed E-state index contributed by atoms with van der Waals surface area (Å²) in [4.78, 5) is 37.3. The van der Waals surface area contributed by atoms with Gasteiger partial charge in [0.05, 0.1) is 40.3 Å². The normalized spacial score (nSPS) is 13.5. The van der Waals surface area contributed by atoms with Crippen molar-refractivity contribution in [3.63, 3.8) is 0 Å². The number of aliphatic carboxylic acids is 1. The highest BCUT2D eigenvalue weighted by molar-refractivity contribution is 5.70. The molecule has 0 aromatic carbocycles. The number of ether oxygens (including phenoxy) is 4. The Morgan fingerprint density at radius 3 is 1.02 bits per heavy atom. The van der Waals surface area contributed by atoms with E-state index in [1.54, 1.807) is 0 Å². The van der Waals surface area contributed by atoms with E-state index in [9.17, 15) is 19.5 Å². The number of rotatable bonds is 59. The molecule has 0 aliphatic carbocycles. The van der Waals surface area contributed by atoms with Crippen molar-refractivity contribution in [2.75, 3.05) is 47.5 Å². The molecule has 9 nitrogen and oxygen atoms in total. The lowest BCUT2D eigenvalue weighted by Crippen LogP contribution is -2.44. The van der Waals surface area contributed by atoms with Gasteiger partial charge < -0.3 is 33.3 Å². The maximum Gasteiger partial charge on any atom is 0.306 e. The third-order valence-corrected chi connectivity index (χ3v) is 13.7. The molecule has 0 heterocycles. The van der Waals surface area contributed by atoms with Gasteiger partial charge in [0.15, 0.2) is 12.4 Å². The van der Waals surface area contributed by atoms with E-state index in [2.05, 4.69) is 135 Å². The van der Waals surface area contributed by atoms with Gasteiger partial charge in [0.25, 0.3) is 0 Å². The van der Waals surface area contributed by atoms with Gasteiger partial charge in [-0.25, -0.2) is 0 Å². The van der Waals surface area contributed by atoms with E-state index >= 15 is 0 Å². The molecule has 462 valence electrons. The van der Waals surface area contributed by atoms with Crippen molar-refractivity contribution >= 4 is 17.9 Å². The molecule has 0 amide bonds. The first-order chi connectivity index (χ1) is 39.6. The lowest BCUT2D eigenvalue weighted by atomic mass is 10.0. The molecule has 81 heavy (non-hydrogen) atoms. The SMILES string of the molecule is CC/C=C\C/C=C\C/C=C\C/C=C\C/C=C\CCCCCCCCCCCCCCCCCCCCCCCCCC(=O)OC(COC(=O)CCC/C=C\C/C=C\C/C=C\C/C=C\C/C=C\CC)COC(OCC[N+](C)(C)C)C(=O)[O-]. The highest BCUT2D eigenvalue weighted by atomic mass is 16.7. The molecule has 0 radical (unpaired) electrons. The monoisotopic (exact) mass is 1130 g/mol. The van der Waals surface area contributed by atoms with E-state index in [4.69, 9.17) is 18.9 Å². The summed E-state index contributed by atoms with van der Waals surface area (Å²) in [5.41, 5.74) is 0. The summed E-state index contributed by atoms with van der Waals surface area (Å²) in [7, 11) is 5.90. The van der Waals surface area contributed by atoms with E-state index in [0.717, 1.165) is 89.9 Å². The van der Waals surface area contributed by atoms with Crippen LogP contribution >= 0.6 is 0 Å².